The van der Waals surface area contributed by atoms with Crippen LogP contribution in [0.2, 0.25) is 0 Å². The molecule has 1 aliphatic rings. The van der Waals surface area contributed by atoms with Crippen LogP contribution in [0.15, 0.2) is 0 Å². The number of hydroxylamine groups is 2. The number of nitrogens with zero attached hydrogens (tertiary/aromatic N) is 1. The number of amides is 2. The third-order valence-corrected chi connectivity index (χ3v) is 3.46. The van der Waals surface area contributed by atoms with Crippen LogP contribution in [0.5, 0.6) is 0 Å². The van der Waals surface area contributed by atoms with E-state index in [1.807, 2.05) is 0 Å². The van der Waals surface area contributed by atoms with Crippen LogP contribution < -0.4 is 0 Å². The number of hydrogen-bond acceptors (Lipinski definition) is 6. The van der Waals surface area contributed by atoms with Gasteiger partial charge in [0.25, 0.3) is 11.8 Å². The molecule has 0 radical (unpaired) electrons. The number of hydrogen-bond donors (Lipinski definition) is 0. The van der Waals surface area contributed by atoms with Crippen molar-refractivity contribution in [3.63, 3.8) is 0 Å². The summed E-state index contributed by atoms with van der Waals surface area (Å²) in [4.78, 5) is 38.1. The van der Waals surface area contributed by atoms with Gasteiger partial charge >= 0.3 is 5.97 Å². The summed E-state index contributed by atoms with van der Waals surface area (Å²) >= 11 is 0. The first-order valence-electron chi connectivity index (χ1n) is 4.53. The smallest absolute Gasteiger partial charge is 0.330 e. The van der Waals surface area contributed by atoms with Crippen molar-refractivity contribution in [2.45, 2.75) is 25.0 Å². The molecular weight excluding hydrogens is 239 g/mol. The minimum absolute atomic E-state index is 0.0133. The number of sulfone groups is 1. The van der Waals surface area contributed by atoms with Crippen LogP contribution in [0.25, 0.3) is 0 Å². The van der Waals surface area contributed by atoms with E-state index in [1.165, 1.54) is 6.92 Å². The molecule has 0 saturated carbocycles. The standard InChI is InChI=1S/C8H11NO6S/c1-3-7(11)15-9-6(10)4-5(8(9)12)16(2,13)14/h5H,3-4H2,1-2H3/i1+1. The van der Waals surface area contributed by atoms with E-state index in [9.17, 15) is 22.8 Å². The Bertz CT molecular complexity index is 439. The quantitative estimate of drug-likeness (QED) is 0.472. The number of carbonyl (C=O) groups is 3. The molecule has 0 aromatic heterocycles. The normalized spacial score (nSPS) is 21.4. The minimum atomic E-state index is -3.66. The van der Waals surface area contributed by atoms with Gasteiger partial charge in [-0.2, -0.15) is 0 Å². The Kier molecular flexibility index (Phi) is 3.32. The van der Waals surface area contributed by atoms with Crippen LogP contribution in [-0.4, -0.2) is 42.8 Å². The molecule has 1 rings (SSSR count). The van der Waals surface area contributed by atoms with Gasteiger partial charge < -0.3 is 4.84 Å². The molecule has 16 heavy (non-hydrogen) atoms. The Labute approximate surface area is 92.2 Å². The molecule has 0 spiro atoms. The maximum Gasteiger partial charge on any atom is 0.332 e. The van der Waals surface area contributed by atoms with Gasteiger partial charge in [-0.25, -0.2) is 13.2 Å². The Hall–Kier alpha value is -1.44. The van der Waals surface area contributed by atoms with Crippen molar-refractivity contribution in [3.8, 4) is 0 Å². The fourth-order valence-corrected chi connectivity index (χ4v) is 2.09. The predicted molar refractivity (Wildman–Crippen MR) is 51.5 cm³/mol. The van der Waals surface area contributed by atoms with Crippen LogP contribution in [-0.2, 0) is 29.1 Å². The second-order valence-corrected chi connectivity index (χ2v) is 5.59. The molecule has 1 aliphatic heterocycles. The van der Waals surface area contributed by atoms with Gasteiger partial charge in [0.15, 0.2) is 15.1 Å². The Morgan fingerprint density at radius 1 is 1.50 bits per heavy atom. The molecule has 0 aliphatic carbocycles. The highest BCUT2D eigenvalue weighted by Gasteiger charge is 2.46. The molecule has 1 heterocycles. The number of imide groups is 1. The van der Waals surface area contributed by atoms with Crippen LogP contribution in [0.4, 0.5) is 0 Å². The van der Waals surface area contributed by atoms with E-state index in [2.05, 4.69) is 4.84 Å². The first kappa shape index (κ1) is 12.6. The van der Waals surface area contributed by atoms with Crippen LogP contribution in [0, 0.1) is 0 Å². The maximum absolute atomic E-state index is 11.5. The SMILES string of the molecule is CS(=O)(=O)C1CC(=O)N(OC(=O)C[13CH3])C1=O. The van der Waals surface area contributed by atoms with Crippen molar-refractivity contribution in [1.82, 2.24) is 5.06 Å². The van der Waals surface area contributed by atoms with E-state index in [1.54, 1.807) is 0 Å². The van der Waals surface area contributed by atoms with Crippen molar-refractivity contribution in [2.24, 2.45) is 0 Å². The fourth-order valence-electron chi connectivity index (χ4n) is 1.18. The van der Waals surface area contributed by atoms with Crippen LogP contribution >= 0.6 is 0 Å². The van der Waals surface area contributed by atoms with E-state index in [-0.39, 0.29) is 11.5 Å². The van der Waals surface area contributed by atoms with Gasteiger partial charge in [0.05, 0.1) is 6.42 Å². The third-order valence-electron chi connectivity index (χ3n) is 2.06. The predicted octanol–water partition coefficient (Wildman–Crippen LogP) is -0.973. The summed E-state index contributed by atoms with van der Waals surface area (Å²) in [6.45, 7) is 1.49. The highest BCUT2D eigenvalue weighted by Crippen LogP contribution is 2.19. The molecule has 8 heteroatoms. The largest absolute Gasteiger partial charge is 0.332 e. The zero-order valence-corrected chi connectivity index (χ0v) is 9.61. The lowest BCUT2D eigenvalue weighted by Gasteiger charge is -2.12. The van der Waals surface area contributed by atoms with E-state index in [4.69, 9.17) is 0 Å². The fraction of sp³-hybridized carbons (Fsp3) is 0.625. The van der Waals surface area contributed by atoms with E-state index < -0.39 is 39.3 Å². The highest BCUT2D eigenvalue weighted by atomic mass is 32.2. The Morgan fingerprint density at radius 3 is 2.44 bits per heavy atom. The van der Waals surface area contributed by atoms with E-state index >= 15 is 0 Å². The Balaban J connectivity index is 2.88. The lowest BCUT2D eigenvalue weighted by molar-refractivity contribution is -0.197. The van der Waals surface area contributed by atoms with Crippen molar-refractivity contribution < 1.29 is 27.6 Å². The van der Waals surface area contributed by atoms with E-state index in [0.717, 1.165) is 6.26 Å². The zero-order chi connectivity index (χ0) is 12.5. The summed E-state index contributed by atoms with van der Waals surface area (Å²) in [5.41, 5.74) is 0. The van der Waals surface area contributed by atoms with Gasteiger partial charge in [0.1, 0.15) is 0 Å². The molecular formula is C8H11NO6S. The monoisotopic (exact) mass is 250 g/mol. The van der Waals surface area contributed by atoms with Crippen LogP contribution in [0.1, 0.15) is 19.8 Å². The average Bonchev–Trinajstić information content (AvgIpc) is 2.44. The minimum Gasteiger partial charge on any atom is -0.330 e. The number of rotatable bonds is 3. The molecule has 90 valence electrons. The van der Waals surface area contributed by atoms with Gasteiger partial charge in [0, 0.05) is 12.7 Å². The molecule has 0 N–H and O–H groups in total. The average molecular weight is 250 g/mol. The van der Waals surface area contributed by atoms with Gasteiger partial charge in [-0.15, -0.1) is 5.06 Å². The first-order chi connectivity index (χ1) is 7.27. The summed E-state index contributed by atoms with van der Waals surface area (Å²) in [5, 5.41) is -1.21. The van der Waals surface area contributed by atoms with Crippen LogP contribution in [0.3, 0.4) is 0 Å². The summed E-state index contributed by atoms with van der Waals surface area (Å²) in [6.07, 6.45) is 0.364. The summed E-state index contributed by atoms with van der Waals surface area (Å²) in [6, 6.07) is 0. The van der Waals surface area contributed by atoms with Crippen molar-refractivity contribution in [3.05, 3.63) is 0 Å². The van der Waals surface area contributed by atoms with Gasteiger partial charge in [-0.3, -0.25) is 9.59 Å². The lowest BCUT2D eigenvalue weighted by atomic mass is 10.4. The third kappa shape index (κ3) is 2.38. The molecule has 7 nitrogen and oxygen atoms in total. The topological polar surface area (TPSA) is 97.8 Å². The molecule has 1 atom stereocenters. The van der Waals surface area contributed by atoms with Gasteiger partial charge in [-0.05, 0) is 0 Å². The number of carbonyl (C=O) groups excluding carboxylic acids is 3. The zero-order valence-electron chi connectivity index (χ0n) is 8.80. The summed E-state index contributed by atoms with van der Waals surface area (Å²) in [5.74, 6) is -2.59. The highest BCUT2D eigenvalue weighted by molar-refractivity contribution is 7.92. The molecule has 0 bridgehead atoms. The molecule has 0 aromatic rings. The molecule has 0 aromatic carbocycles. The summed E-state index contributed by atoms with van der Waals surface area (Å²) in [7, 11) is -3.66. The van der Waals surface area contributed by atoms with Gasteiger partial charge in [-0.1, -0.05) is 6.92 Å². The van der Waals surface area contributed by atoms with Crippen molar-refractivity contribution >= 4 is 27.6 Å². The van der Waals surface area contributed by atoms with Crippen molar-refractivity contribution in [2.75, 3.05) is 6.26 Å². The van der Waals surface area contributed by atoms with E-state index in [0.29, 0.717) is 0 Å². The lowest BCUT2D eigenvalue weighted by Crippen LogP contribution is -2.36. The molecule has 2 amide bonds. The molecule has 1 saturated heterocycles. The molecule has 1 fully saturated rings. The second-order valence-electron chi connectivity index (χ2n) is 3.37. The maximum atomic E-state index is 11.5. The second kappa shape index (κ2) is 4.20. The van der Waals surface area contributed by atoms with Crippen molar-refractivity contribution in [1.29, 1.82) is 0 Å². The molecule has 1 unspecified atom stereocenters. The Morgan fingerprint density at radius 2 is 2.06 bits per heavy atom. The summed E-state index contributed by atoms with van der Waals surface area (Å²) < 4.78 is 22.3. The first-order valence-corrected chi connectivity index (χ1v) is 6.49. The van der Waals surface area contributed by atoms with Gasteiger partial charge in [0.2, 0.25) is 0 Å².